The minimum absolute atomic E-state index is 0.0461. The fourth-order valence-electron chi connectivity index (χ4n) is 3.72. The van der Waals surface area contributed by atoms with Gasteiger partial charge in [0.1, 0.15) is 0 Å². The van der Waals surface area contributed by atoms with E-state index in [9.17, 15) is 9.59 Å². The van der Waals surface area contributed by atoms with Crippen LogP contribution >= 0.6 is 0 Å². The van der Waals surface area contributed by atoms with Crippen LogP contribution in [0.25, 0.3) is 0 Å². The van der Waals surface area contributed by atoms with E-state index in [4.69, 9.17) is 5.73 Å². The van der Waals surface area contributed by atoms with Crippen molar-refractivity contribution in [1.29, 1.82) is 0 Å². The lowest BCUT2D eigenvalue weighted by Gasteiger charge is -2.24. The average Bonchev–Trinajstić information content (AvgIpc) is 2.86. The molecule has 4 nitrogen and oxygen atoms in total. The number of carbonyl (C=O) groups excluding carboxylic acids is 2. The van der Waals surface area contributed by atoms with Crippen molar-refractivity contribution in [3.8, 4) is 0 Å². The molecule has 1 saturated carbocycles. The molecular weight excluding hydrogens is 264 g/mol. The Morgan fingerprint density at radius 1 is 1.19 bits per heavy atom. The van der Waals surface area contributed by atoms with E-state index < -0.39 is 0 Å². The van der Waals surface area contributed by atoms with Crippen molar-refractivity contribution in [1.82, 2.24) is 4.90 Å². The van der Waals surface area contributed by atoms with E-state index in [1.807, 2.05) is 39.8 Å². The lowest BCUT2D eigenvalue weighted by Crippen LogP contribution is -2.41. The normalized spacial score (nSPS) is 27.8. The number of nitrogens with two attached hydrogens (primary N) is 1. The Labute approximate surface area is 125 Å². The third-order valence-corrected chi connectivity index (χ3v) is 5.10. The fourth-order valence-corrected chi connectivity index (χ4v) is 3.72. The molecule has 1 aliphatic carbocycles. The van der Waals surface area contributed by atoms with Gasteiger partial charge >= 0.3 is 0 Å². The molecule has 112 valence electrons. The Kier molecular flexibility index (Phi) is 2.99. The Morgan fingerprint density at radius 2 is 1.76 bits per heavy atom. The zero-order valence-electron chi connectivity index (χ0n) is 13.0. The van der Waals surface area contributed by atoms with E-state index in [2.05, 4.69) is 6.07 Å². The van der Waals surface area contributed by atoms with Gasteiger partial charge in [-0.15, -0.1) is 0 Å². The molecule has 2 fully saturated rings. The predicted octanol–water partition coefficient (Wildman–Crippen LogP) is 1.94. The van der Waals surface area contributed by atoms with E-state index in [-0.39, 0.29) is 41.7 Å². The number of piperidine rings is 1. The van der Waals surface area contributed by atoms with Crippen LogP contribution in [0.15, 0.2) is 18.2 Å². The van der Waals surface area contributed by atoms with Gasteiger partial charge in [0.15, 0.2) is 0 Å². The Hall–Kier alpha value is -1.68. The molecular formula is C17H22N2O2. The first-order valence-corrected chi connectivity index (χ1v) is 7.43. The Bertz CT molecular complexity index is 612. The third kappa shape index (κ3) is 2.01. The van der Waals surface area contributed by atoms with Crippen molar-refractivity contribution in [3.63, 3.8) is 0 Å². The van der Waals surface area contributed by atoms with Gasteiger partial charge in [-0.25, -0.2) is 0 Å². The highest BCUT2D eigenvalue weighted by Crippen LogP contribution is 2.63. The number of nitrogens with zero attached hydrogens (tertiary/aromatic N) is 1. The summed E-state index contributed by atoms with van der Waals surface area (Å²) in [6.07, 6.45) is 0. The number of hydrogen-bond donors (Lipinski definition) is 1. The first-order valence-electron chi connectivity index (χ1n) is 7.43. The number of fused-ring (bicyclic) bond motifs is 1. The van der Waals surface area contributed by atoms with Crippen molar-refractivity contribution in [2.45, 2.75) is 33.7 Å². The molecule has 0 radical (unpaired) electrons. The molecule has 1 saturated heterocycles. The number of imide groups is 1. The van der Waals surface area contributed by atoms with Crippen LogP contribution in [0.3, 0.4) is 0 Å². The van der Waals surface area contributed by atoms with E-state index >= 15 is 0 Å². The average molecular weight is 286 g/mol. The van der Waals surface area contributed by atoms with Gasteiger partial charge in [0, 0.05) is 12.6 Å². The predicted molar refractivity (Wildman–Crippen MR) is 80.3 cm³/mol. The van der Waals surface area contributed by atoms with Crippen molar-refractivity contribution in [2.75, 3.05) is 6.54 Å². The largest absolute Gasteiger partial charge is 0.322 e. The first kappa shape index (κ1) is 14.3. The summed E-state index contributed by atoms with van der Waals surface area (Å²) in [6.45, 7) is 8.30. The number of likely N-dealkylation sites (tertiary alicyclic amines) is 1. The van der Waals surface area contributed by atoms with Gasteiger partial charge in [-0.05, 0) is 30.4 Å². The number of carbonyl (C=O) groups is 2. The Balaban J connectivity index is 1.76. The highest BCUT2D eigenvalue weighted by molar-refractivity contribution is 6.10. The molecule has 1 heterocycles. The quantitative estimate of drug-likeness (QED) is 0.864. The minimum atomic E-state index is -0.320. The summed E-state index contributed by atoms with van der Waals surface area (Å²) in [5.74, 6) is -0.349. The minimum Gasteiger partial charge on any atom is -0.322 e. The molecule has 3 atom stereocenters. The van der Waals surface area contributed by atoms with Crippen LogP contribution in [0.1, 0.15) is 36.6 Å². The molecule has 1 aromatic carbocycles. The molecule has 2 aliphatic rings. The molecule has 3 unspecified atom stereocenters. The number of hydrogen-bond acceptors (Lipinski definition) is 3. The summed E-state index contributed by atoms with van der Waals surface area (Å²) < 4.78 is 0. The lowest BCUT2D eigenvalue weighted by molar-refractivity contribution is -0.143. The molecule has 0 spiro atoms. The topological polar surface area (TPSA) is 63.4 Å². The fraction of sp³-hybridized carbons (Fsp3) is 0.529. The van der Waals surface area contributed by atoms with E-state index in [0.29, 0.717) is 0 Å². The molecule has 1 aromatic rings. The molecule has 2 N–H and O–H groups in total. The lowest BCUT2D eigenvalue weighted by atomic mass is 9.98. The summed E-state index contributed by atoms with van der Waals surface area (Å²) in [7, 11) is 0. The van der Waals surface area contributed by atoms with Gasteiger partial charge in [-0.2, -0.15) is 0 Å². The second kappa shape index (κ2) is 4.41. The SMILES string of the molecule is Cc1ccc(C(N)CN2C(=O)C3C(C2=O)C3(C)C)c(C)c1. The monoisotopic (exact) mass is 286 g/mol. The maximum absolute atomic E-state index is 12.3. The van der Waals surface area contributed by atoms with Crippen molar-refractivity contribution in [2.24, 2.45) is 23.0 Å². The van der Waals surface area contributed by atoms with Crippen molar-refractivity contribution >= 4 is 11.8 Å². The van der Waals surface area contributed by atoms with Gasteiger partial charge < -0.3 is 5.73 Å². The number of rotatable bonds is 3. The Morgan fingerprint density at radius 3 is 2.29 bits per heavy atom. The maximum atomic E-state index is 12.3. The van der Waals surface area contributed by atoms with Gasteiger partial charge in [0.2, 0.25) is 11.8 Å². The van der Waals surface area contributed by atoms with Crippen LogP contribution in [0.5, 0.6) is 0 Å². The number of benzene rings is 1. The molecule has 0 bridgehead atoms. The number of aryl methyl sites for hydroxylation is 2. The van der Waals surface area contributed by atoms with Crippen LogP contribution in [-0.2, 0) is 9.59 Å². The standard InChI is InChI=1S/C17H22N2O2/c1-9-5-6-11(10(2)7-9)12(18)8-19-15(20)13-14(16(19)21)17(13,3)4/h5-7,12-14H,8,18H2,1-4H3. The zero-order valence-corrected chi connectivity index (χ0v) is 13.0. The smallest absolute Gasteiger partial charge is 0.233 e. The molecule has 21 heavy (non-hydrogen) atoms. The van der Waals surface area contributed by atoms with Crippen LogP contribution in [0.4, 0.5) is 0 Å². The molecule has 3 rings (SSSR count). The van der Waals surface area contributed by atoms with Gasteiger partial charge in [-0.3, -0.25) is 14.5 Å². The second-order valence-corrected chi connectivity index (χ2v) is 7.03. The van der Waals surface area contributed by atoms with Gasteiger partial charge in [-0.1, -0.05) is 37.6 Å². The summed E-state index contributed by atoms with van der Waals surface area (Å²) in [6, 6.07) is 5.75. The second-order valence-electron chi connectivity index (χ2n) is 7.03. The molecule has 0 aromatic heterocycles. The summed E-state index contributed by atoms with van der Waals surface area (Å²) in [4.78, 5) is 26.0. The van der Waals surface area contributed by atoms with Crippen molar-refractivity contribution < 1.29 is 9.59 Å². The molecule has 2 amide bonds. The third-order valence-electron chi connectivity index (χ3n) is 5.10. The van der Waals surface area contributed by atoms with E-state index in [0.717, 1.165) is 11.1 Å². The molecule has 1 aliphatic heterocycles. The first-order chi connectivity index (χ1) is 9.75. The summed E-state index contributed by atoms with van der Waals surface area (Å²) >= 11 is 0. The van der Waals surface area contributed by atoms with E-state index in [1.165, 1.54) is 10.5 Å². The van der Waals surface area contributed by atoms with E-state index in [1.54, 1.807) is 0 Å². The van der Waals surface area contributed by atoms with Gasteiger partial charge in [0.05, 0.1) is 11.8 Å². The summed E-state index contributed by atoms with van der Waals surface area (Å²) in [5, 5.41) is 0. The van der Waals surface area contributed by atoms with Crippen LogP contribution in [0, 0.1) is 31.1 Å². The van der Waals surface area contributed by atoms with Crippen LogP contribution in [0.2, 0.25) is 0 Å². The highest BCUT2D eigenvalue weighted by atomic mass is 16.2. The van der Waals surface area contributed by atoms with Crippen LogP contribution < -0.4 is 5.73 Å². The van der Waals surface area contributed by atoms with Gasteiger partial charge in [0.25, 0.3) is 0 Å². The molecule has 4 heteroatoms. The van der Waals surface area contributed by atoms with Crippen LogP contribution in [-0.4, -0.2) is 23.3 Å². The highest BCUT2D eigenvalue weighted by Gasteiger charge is 2.72. The zero-order chi connectivity index (χ0) is 15.5. The maximum Gasteiger partial charge on any atom is 0.233 e. The summed E-state index contributed by atoms with van der Waals surface area (Å²) in [5.41, 5.74) is 9.36. The van der Waals surface area contributed by atoms with Crippen molar-refractivity contribution in [3.05, 3.63) is 34.9 Å². The number of amides is 2.